The first-order chi connectivity index (χ1) is 9.61. The number of pyridine rings is 1. The Morgan fingerprint density at radius 1 is 1.15 bits per heavy atom. The van der Waals surface area contributed by atoms with Crippen molar-refractivity contribution in [2.24, 2.45) is 0 Å². The normalized spacial score (nSPS) is 10.8. The lowest BCUT2D eigenvalue weighted by atomic mass is 10.1. The Hall–Kier alpha value is -2.33. The average Bonchev–Trinajstić information content (AvgIpc) is 2.82. The number of benzene rings is 1. The summed E-state index contributed by atoms with van der Waals surface area (Å²) in [5, 5.41) is 9.67. The van der Waals surface area contributed by atoms with Crippen LogP contribution in [-0.2, 0) is 6.42 Å². The van der Waals surface area contributed by atoms with Gasteiger partial charge in [0.2, 0.25) is 0 Å². The van der Waals surface area contributed by atoms with Crippen LogP contribution in [0, 0.1) is 0 Å². The maximum absolute atomic E-state index is 10.9. The van der Waals surface area contributed by atoms with Crippen molar-refractivity contribution >= 4 is 23.2 Å². The SMILES string of the molecule is O=C(O)c1ccc2nc(Cc3ccc(Cl)cc3)cn2c1. The van der Waals surface area contributed by atoms with Gasteiger partial charge in [-0.25, -0.2) is 9.78 Å². The monoisotopic (exact) mass is 286 g/mol. The van der Waals surface area contributed by atoms with E-state index in [1.165, 1.54) is 0 Å². The number of imidazole rings is 1. The van der Waals surface area contributed by atoms with Crippen molar-refractivity contribution in [3.63, 3.8) is 0 Å². The molecule has 5 heteroatoms. The lowest BCUT2D eigenvalue weighted by Crippen LogP contribution is -1.97. The van der Waals surface area contributed by atoms with E-state index in [9.17, 15) is 4.79 Å². The van der Waals surface area contributed by atoms with Gasteiger partial charge in [-0.15, -0.1) is 0 Å². The van der Waals surface area contributed by atoms with Crippen molar-refractivity contribution in [2.45, 2.75) is 6.42 Å². The number of carboxylic acids is 1. The van der Waals surface area contributed by atoms with Gasteiger partial charge in [-0.05, 0) is 29.8 Å². The van der Waals surface area contributed by atoms with Gasteiger partial charge in [-0.3, -0.25) is 0 Å². The number of aromatic carboxylic acids is 1. The Morgan fingerprint density at radius 3 is 2.60 bits per heavy atom. The van der Waals surface area contributed by atoms with Crippen LogP contribution in [0.15, 0.2) is 48.8 Å². The highest BCUT2D eigenvalue weighted by atomic mass is 35.5. The van der Waals surface area contributed by atoms with Crippen LogP contribution in [0.2, 0.25) is 5.02 Å². The largest absolute Gasteiger partial charge is 0.478 e. The number of carbonyl (C=O) groups is 1. The van der Waals surface area contributed by atoms with Gasteiger partial charge < -0.3 is 9.51 Å². The van der Waals surface area contributed by atoms with Crippen LogP contribution >= 0.6 is 11.6 Å². The second-order valence-electron chi connectivity index (χ2n) is 4.52. The summed E-state index contributed by atoms with van der Waals surface area (Å²) in [6.45, 7) is 0. The summed E-state index contributed by atoms with van der Waals surface area (Å²) in [5.74, 6) is -0.945. The highest BCUT2D eigenvalue weighted by Crippen LogP contribution is 2.14. The fourth-order valence-electron chi connectivity index (χ4n) is 2.07. The molecule has 0 saturated carbocycles. The molecule has 0 spiro atoms. The Kier molecular flexibility index (Phi) is 3.16. The molecule has 0 bridgehead atoms. The van der Waals surface area contributed by atoms with E-state index in [1.54, 1.807) is 22.7 Å². The zero-order chi connectivity index (χ0) is 14.1. The molecular weight excluding hydrogens is 276 g/mol. The number of hydrogen-bond donors (Lipinski definition) is 1. The van der Waals surface area contributed by atoms with Gasteiger partial charge in [0.25, 0.3) is 0 Å². The van der Waals surface area contributed by atoms with E-state index >= 15 is 0 Å². The first-order valence-corrected chi connectivity index (χ1v) is 6.45. The summed E-state index contributed by atoms with van der Waals surface area (Å²) in [5.41, 5.74) is 2.97. The van der Waals surface area contributed by atoms with Gasteiger partial charge in [-0.2, -0.15) is 0 Å². The van der Waals surface area contributed by atoms with E-state index in [2.05, 4.69) is 4.98 Å². The molecule has 0 saturated heterocycles. The van der Waals surface area contributed by atoms with Crippen LogP contribution in [0.1, 0.15) is 21.6 Å². The number of carboxylic acid groups (broad SMARTS) is 1. The third kappa shape index (κ3) is 2.51. The number of fused-ring (bicyclic) bond motifs is 1. The minimum atomic E-state index is -0.945. The maximum Gasteiger partial charge on any atom is 0.337 e. The third-order valence-corrected chi connectivity index (χ3v) is 3.30. The van der Waals surface area contributed by atoms with Gasteiger partial charge in [-0.1, -0.05) is 23.7 Å². The smallest absolute Gasteiger partial charge is 0.337 e. The first-order valence-electron chi connectivity index (χ1n) is 6.07. The highest BCUT2D eigenvalue weighted by Gasteiger charge is 2.07. The molecule has 100 valence electrons. The van der Waals surface area contributed by atoms with Crippen LogP contribution in [0.4, 0.5) is 0 Å². The Labute approximate surface area is 120 Å². The minimum Gasteiger partial charge on any atom is -0.478 e. The van der Waals surface area contributed by atoms with Gasteiger partial charge in [0.15, 0.2) is 0 Å². The minimum absolute atomic E-state index is 0.243. The Morgan fingerprint density at radius 2 is 1.90 bits per heavy atom. The molecule has 0 atom stereocenters. The number of halogens is 1. The molecule has 3 aromatic rings. The molecule has 1 N–H and O–H groups in total. The van der Waals surface area contributed by atoms with Crippen LogP contribution in [-0.4, -0.2) is 20.5 Å². The molecule has 0 aliphatic heterocycles. The van der Waals surface area contributed by atoms with Crippen molar-refractivity contribution in [1.82, 2.24) is 9.38 Å². The summed E-state index contributed by atoms with van der Waals surface area (Å²) in [6.07, 6.45) is 4.09. The molecule has 0 amide bonds. The van der Waals surface area contributed by atoms with E-state index in [1.807, 2.05) is 30.5 Å². The molecule has 20 heavy (non-hydrogen) atoms. The molecule has 0 unspecified atom stereocenters. The van der Waals surface area contributed by atoms with Crippen LogP contribution in [0.3, 0.4) is 0 Å². The first kappa shape index (κ1) is 12.7. The zero-order valence-corrected chi connectivity index (χ0v) is 11.2. The van der Waals surface area contributed by atoms with Gasteiger partial charge in [0.1, 0.15) is 5.65 Å². The molecule has 2 heterocycles. The van der Waals surface area contributed by atoms with Crippen LogP contribution < -0.4 is 0 Å². The van der Waals surface area contributed by atoms with Crippen LogP contribution in [0.5, 0.6) is 0 Å². The van der Waals surface area contributed by atoms with E-state index in [0.29, 0.717) is 11.4 Å². The summed E-state index contributed by atoms with van der Waals surface area (Å²) in [7, 11) is 0. The van der Waals surface area contributed by atoms with Crippen molar-refractivity contribution in [3.05, 3.63) is 70.6 Å². The lowest BCUT2D eigenvalue weighted by Gasteiger charge is -1.97. The highest BCUT2D eigenvalue weighted by molar-refractivity contribution is 6.30. The molecule has 0 fully saturated rings. The van der Waals surface area contributed by atoms with Gasteiger partial charge in [0.05, 0.1) is 11.3 Å². The summed E-state index contributed by atoms with van der Waals surface area (Å²) < 4.78 is 1.73. The van der Waals surface area contributed by atoms with E-state index < -0.39 is 5.97 Å². The van der Waals surface area contributed by atoms with Gasteiger partial charge >= 0.3 is 5.97 Å². The number of aromatic nitrogens is 2. The summed E-state index contributed by atoms with van der Waals surface area (Å²) >= 11 is 5.85. The fraction of sp³-hybridized carbons (Fsp3) is 0.0667. The third-order valence-electron chi connectivity index (χ3n) is 3.05. The second-order valence-corrected chi connectivity index (χ2v) is 4.96. The molecule has 3 rings (SSSR count). The molecule has 4 nitrogen and oxygen atoms in total. The number of hydrogen-bond acceptors (Lipinski definition) is 2. The number of nitrogens with zero attached hydrogens (tertiary/aromatic N) is 2. The molecule has 0 aliphatic rings. The van der Waals surface area contributed by atoms with Crippen molar-refractivity contribution in [1.29, 1.82) is 0 Å². The quantitative estimate of drug-likeness (QED) is 0.804. The predicted octanol–water partition coefficient (Wildman–Crippen LogP) is 3.28. The average molecular weight is 287 g/mol. The topological polar surface area (TPSA) is 54.6 Å². The molecule has 2 aromatic heterocycles. The van der Waals surface area contributed by atoms with Gasteiger partial charge in [0, 0.05) is 23.8 Å². The van der Waals surface area contributed by atoms with E-state index in [-0.39, 0.29) is 5.56 Å². The number of rotatable bonds is 3. The van der Waals surface area contributed by atoms with Crippen molar-refractivity contribution in [2.75, 3.05) is 0 Å². The van der Waals surface area contributed by atoms with E-state index in [4.69, 9.17) is 16.7 Å². The Balaban J connectivity index is 1.92. The lowest BCUT2D eigenvalue weighted by molar-refractivity contribution is 0.0696. The summed E-state index contributed by atoms with van der Waals surface area (Å²) in [4.78, 5) is 15.4. The zero-order valence-electron chi connectivity index (χ0n) is 10.5. The van der Waals surface area contributed by atoms with Crippen molar-refractivity contribution in [3.8, 4) is 0 Å². The summed E-state index contributed by atoms with van der Waals surface area (Å²) in [6, 6.07) is 10.8. The second kappa shape index (κ2) is 4.98. The standard InChI is InChI=1S/C15H11ClN2O2/c16-12-4-1-10(2-5-12)7-13-9-18-8-11(15(19)20)3-6-14(18)17-13/h1-6,8-9H,7H2,(H,19,20). The molecule has 1 aromatic carbocycles. The predicted molar refractivity (Wildman–Crippen MR) is 76.4 cm³/mol. The van der Waals surface area contributed by atoms with E-state index in [0.717, 1.165) is 16.9 Å². The fourth-order valence-corrected chi connectivity index (χ4v) is 2.19. The van der Waals surface area contributed by atoms with Crippen LogP contribution in [0.25, 0.3) is 5.65 Å². The maximum atomic E-state index is 10.9. The Bertz CT molecular complexity index is 778. The molecule has 0 radical (unpaired) electrons. The molecule has 0 aliphatic carbocycles. The molecular formula is C15H11ClN2O2. The van der Waals surface area contributed by atoms with Crippen molar-refractivity contribution < 1.29 is 9.90 Å².